The van der Waals surface area contributed by atoms with Crippen LogP contribution < -0.4 is 5.32 Å². The number of rotatable bonds is 5. The van der Waals surface area contributed by atoms with Crippen molar-refractivity contribution in [3.05, 3.63) is 102 Å². The number of aromatic nitrogens is 2. The van der Waals surface area contributed by atoms with Crippen LogP contribution in [0.2, 0.25) is 0 Å². The molecule has 0 spiro atoms. The number of para-hydroxylation sites is 1. The summed E-state index contributed by atoms with van der Waals surface area (Å²) < 4.78 is 16.3. The predicted octanol–water partition coefficient (Wildman–Crippen LogP) is 4.26. The second-order valence-corrected chi connectivity index (χ2v) is 8.55. The number of carbonyl (C=O) groups excluding carboxylic acids is 2. The number of piperidine rings is 1. The fourth-order valence-corrected chi connectivity index (χ4v) is 4.51. The standard InChI is InChI=1S/C27H25FN4O2/c28-23-9-3-1-7-21(23)18-32-24-10-4-2-6-19(24)16-25(32)27(34)31-14-11-22(12-15-31)30-26(33)20-8-5-13-29-17-20/h1-10,13,16-17,22H,11-12,14-15,18H2,(H,30,33). The van der Waals surface area contributed by atoms with E-state index < -0.39 is 0 Å². The van der Waals surface area contributed by atoms with Crippen LogP contribution in [-0.4, -0.2) is 45.4 Å². The summed E-state index contributed by atoms with van der Waals surface area (Å²) in [5, 5.41) is 3.99. The van der Waals surface area contributed by atoms with E-state index in [2.05, 4.69) is 10.3 Å². The third kappa shape index (κ3) is 4.41. The molecule has 2 amide bonds. The average molecular weight is 457 g/mol. The quantitative estimate of drug-likeness (QED) is 0.488. The van der Waals surface area contributed by atoms with Crippen LogP contribution in [0.25, 0.3) is 10.9 Å². The lowest BCUT2D eigenvalue weighted by molar-refractivity contribution is 0.0688. The van der Waals surface area contributed by atoms with Crippen LogP contribution >= 0.6 is 0 Å². The van der Waals surface area contributed by atoms with Gasteiger partial charge in [0.05, 0.1) is 12.1 Å². The van der Waals surface area contributed by atoms with Gasteiger partial charge in [0.1, 0.15) is 11.5 Å². The molecule has 4 aromatic rings. The highest BCUT2D eigenvalue weighted by Gasteiger charge is 2.27. The molecule has 1 N–H and O–H groups in total. The van der Waals surface area contributed by atoms with Crippen molar-refractivity contribution in [3.63, 3.8) is 0 Å². The molecule has 0 unspecified atom stereocenters. The van der Waals surface area contributed by atoms with Gasteiger partial charge in [0.2, 0.25) is 0 Å². The number of benzene rings is 2. The van der Waals surface area contributed by atoms with E-state index in [1.165, 1.54) is 6.07 Å². The van der Waals surface area contributed by atoms with Gasteiger partial charge in [-0.1, -0.05) is 36.4 Å². The molecule has 5 rings (SSSR count). The number of halogens is 1. The second kappa shape index (κ2) is 9.47. The number of hydrogen-bond acceptors (Lipinski definition) is 3. The summed E-state index contributed by atoms with van der Waals surface area (Å²) in [6.45, 7) is 1.36. The molecule has 34 heavy (non-hydrogen) atoms. The second-order valence-electron chi connectivity index (χ2n) is 8.55. The minimum Gasteiger partial charge on any atom is -0.349 e. The van der Waals surface area contributed by atoms with Gasteiger partial charge in [-0.3, -0.25) is 14.6 Å². The Morgan fingerprint density at radius 1 is 1.00 bits per heavy atom. The first-order valence-electron chi connectivity index (χ1n) is 11.4. The van der Waals surface area contributed by atoms with Crippen LogP contribution in [0.3, 0.4) is 0 Å². The summed E-state index contributed by atoms with van der Waals surface area (Å²) in [4.78, 5) is 31.8. The third-order valence-electron chi connectivity index (χ3n) is 6.36. The maximum Gasteiger partial charge on any atom is 0.270 e. The minimum atomic E-state index is -0.288. The van der Waals surface area contributed by atoms with Crippen molar-refractivity contribution in [2.75, 3.05) is 13.1 Å². The Bertz CT molecular complexity index is 1330. The largest absolute Gasteiger partial charge is 0.349 e. The van der Waals surface area contributed by atoms with Crippen LogP contribution in [0.1, 0.15) is 39.3 Å². The lowest BCUT2D eigenvalue weighted by Gasteiger charge is -2.32. The molecular formula is C27H25FN4O2. The highest BCUT2D eigenvalue weighted by atomic mass is 19.1. The number of amides is 2. The zero-order valence-corrected chi connectivity index (χ0v) is 18.7. The van der Waals surface area contributed by atoms with Crippen molar-refractivity contribution in [2.45, 2.75) is 25.4 Å². The van der Waals surface area contributed by atoms with Crippen LogP contribution in [-0.2, 0) is 6.54 Å². The zero-order chi connectivity index (χ0) is 23.5. The first kappa shape index (κ1) is 21.8. The highest BCUT2D eigenvalue weighted by molar-refractivity contribution is 5.99. The number of nitrogens with one attached hydrogen (secondary N) is 1. The van der Waals surface area contributed by atoms with Gasteiger partial charge in [-0.2, -0.15) is 0 Å². The topological polar surface area (TPSA) is 67.2 Å². The van der Waals surface area contributed by atoms with Crippen molar-refractivity contribution < 1.29 is 14.0 Å². The molecule has 0 saturated carbocycles. The van der Waals surface area contributed by atoms with Crippen molar-refractivity contribution in [1.82, 2.24) is 19.8 Å². The SMILES string of the molecule is O=C(NC1CCN(C(=O)c2cc3ccccc3n2Cc2ccccc2F)CC1)c1cccnc1. The molecule has 7 heteroatoms. The van der Waals surface area contributed by atoms with Crippen LogP contribution in [0.15, 0.2) is 79.1 Å². The predicted molar refractivity (Wildman–Crippen MR) is 128 cm³/mol. The lowest BCUT2D eigenvalue weighted by Crippen LogP contribution is -2.46. The van der Waals surface area contributed by atoms with Gasteiger partial charge in [0.25, 0.3) is 11.8 Å². The molecule has 1 aliphatic heterocycles. The number of hydrogen-bond donors (Lipinski definition) is 1. The van der Waals surface area contributed by atoms with Gasteiger partial charge in [0, 0.05) is 48.0 Å². The number of carbonyl (C=O) groups is 2. The summed E-state index contributed by atoms with van der Waals surface area (Å²) in [7, 11) is 0. The van der Waals surface area contributed by atoms with Gasteiger partial charge >= 0.3 is 0 Å². The van der Waals surface area contributed by atoms with Crippen LogP contribution in [0.4, 0.5) is 4.39 Å². The summed E-state index contributed by atoms with van der Waals surface area (Å²) in [5.41, 5.74) is 2.50. The smallest absolute Gasteiger partial charge is 0.270 e. The molecule has 1 saturated heterocycles. The van der Waals surface area contributed by atoms with E-state index in [-0.39, 0.29) is 30.2 Å². The maximum atomic E-state index is 14.4. The minimum absolute atomic E-state index is 0.000952. The summed E-state index contributed by atoms with van der Waals surface area (Å²) in [6, 6.07) is 19.8. The highest BCUT2D eigenvalue weighted by Crippen LogP contribution is 2.24. The summed E-state index contributed by atoms with van der Waals surface area (Å²) in [6.07, 6.45) is 4.52. The van der Waals surface area contributed by atoms with Crippen molar-refractivity contribution in [1.29, 1.82) is 0 Å². The van der Waals surface area contributed by atoms with E-state index in [4.69, 9.17) is 0 Å². The molecule has 2 aromatic heterocycles. The zero-order valence-electron chi connectivity index (χ0n) is 18.7. The fraction of sp³-hybridized carbons (Fsp3) is 0.222. The van der Waals surface area contributed by atoms with E-state index in [1.54, 1.807) is 42.7 Å². The molecule has 0 atom stereocenters. The summed E-state index contributed by atoms with van der Waals surface area (Å²) in [5.74, 6) is -0.517. The normalized spacial score (nSPS) is 14.3. The monoisotopic (exact) mass is 456 g/mol. The number of pyridine rings is 1. The Hall–Kier alpha value is -4.00. The molecule has 172 valence electrons. The van der Waals surface area contributed by atoms with Crippen molar-refractivity contribution in [3.8, 4) is 0 Å². The average Bonchev–Trinajstić information content (AvgIpc) is 3.24. The fourth-order valence-electron chi connectivity index (χ4n) is 4.51. The van der Waals surface area contributed by atoms with Gasteiger partial charge in [-0.05, 0) is 43.2 Å². The molecule has 0 bridgehead atoms. The molecule has 1 aliphatic rings. The Morgan fingerprint density at radius 2 is 1.76 bits per heavy atom. The number of likely N-dealkylation sites (tertiary alicyclic amines) is 1. The van der Waals surface area contributed by atoms with E-state index in [9.17, 15) is 14.0 Å². The van der Waals surface area contributed by atoms with E-state index in [1.807, 2.05) is 39.8 Å². The Morgan fingerprint density at radius 3 is 2.53 bits per heavy atom. The number of nitrogens with zero attached hydrogens (tertiary/aromatic N) is 3. The van der Waals surface area contributed by atoms with Gasteiger partial charge < -0.3 is 14.8 Å². The molecular weight excluding hydrogens is 431 g/mol. The van der Waals surface area contributed by atoms with E-state index in [0.29, 0.717) is 42.8 Å². The van der Waals surface area contributed by atoms with Crippen molar-refractivity contribution >= 4 is 22.7 Å². The van der Waals surface area contributed by atoms with Crippen LogP contribution in [0.5, 0.6) is 0 Å². The Kier molecular flexibility index (Phi) is 6.08. The third-order valence-corrected chi connectivity index (χ3v) is 6.36. The Balaban J connectivity index is 1.32. The van der Waals surface area contributed by atoms with E-state index in [0.717, 1.165) is 10.9 Å². The molecule has 1 fully saturated rings. The molecule has 3 heterocycles. The number of fused-ring (bicyclic) bond motifs is 1. The molecule has 6 nitrogen and oxygen atoms in total. The molecule has 0 aliphatic carbocycles. The first-order valence-corrected chi connectivity index (χ1v) is 11.4. The summed E-state index contributed by atoms with van der Waals surface area (Å²) >= 11 is 0. The maximum absolute atomic E-state index is 14.4. The van der Waals surface area contributed by atoms with Gasteiger partial charge in [-0.15, -0.1) is 0 Å². The van der Waals surface area contributed by atoms with Gasteiger partial charge in [0.15, 0.2) is 0 Å². The Labute approximate surface area is 197 Å². The van der Waals surface area contributed by atoms with Crippen molar-refractivity contribution in [2.24, 2.45) is 0 Å². The molecule has 0 radical (unpaired) electrons. The van der Waals surface area contributed by atoms with Gasteiger partial charge in [-0.25, -0.2) is 4.39 Å². The molecule has 2 aromatic carbocycles. The lowest BCUT2D eigenvalue weighted by atomic mass is 10.0. The van der Waals surface area contributed by atoms with Crippen LogP contribution in [0, 0.1) is 5.82 Å². The first-order chi connectivity index (χ1) is 16.6. The van der Waals surface area contributed by atoms with E-state index >= 15 is 0 Å².